The van der Waals surface area contributed by atoms with Crippen LogP contribution in [0.5, 0.6) is 0 Å². The SMILES string of the molecule is C[C@@H]1CC[C@H](C)N1c1ccc(-c2cccc3cnccc23)nn1. The first-order chi connectivity index (χ1) is 11.2. The normalized spacial score (nSPS) is 21.0. The summed E-state index contributed by atoms with van der Waals surface area (Å²) in [6.07, 6.45) is 6.15. The maximum absolute atomic E-state index is 4.51. The Morgan fingerprint density at radius 1 is 0.957 bits per heavy atom. The van der Waals surface area contributed by atoms with Crippen LogP contribution in [-0.4, -0.2) is 27.3 Å². The van der Waals surface area contributed by atoms with Crippen molar-refractivity contribution in [2.75, 3.05) is 4.90 Å². The Morgan fingerprint density at radius 3 is 2.52 bits per heavy atom. The van der Waals surface area contributed by atoms with Crippen molar-refractivity contribution in [1.29, 1.82) is 0 Å². The summed E-state index contributed by atoms with van der Waals surface area (Å²) in [5, 5.41) is 11.3. The molecule has 1 aromatic carbocycles. The Balaban J connectivity index is 1.73. The molecule has 0 radical (unpaired) electrons. The second-order valence-corrected chi connectivity index (χ2v) is 6.36. The highest BCUT2D eigenvalue weighted by Gasteiger charge is 2.28. The third-order valence-electron chi connectivity index (χ3n) is 4.82. The van der Waals surface area contributed by atoms with E-state index < -0.39 is 0 Å². The summed E-state index contributed by atoms with van der Waals surface area (Å²) in [5.41, 5.74) is 2.01. The molecule has 1 saturated heterocycles. The third kappa shape index (κ3) is 2.44. The zero-order valence-electron chi connectivity index (χ0n) is 13.5. The lowest BCUT2D eigenvalue weighted by atomic mass is 10.0. The fraction of sp³-hybridized carbons (Fsp3) is 0.316. The van der Waals surface area contributed by atoms with E-state index in [2.05, 4.69) is 58.2 Å². The lowest BCUT2D eigenvalue weighted by Crippen LogP contribution is -2.33. The van der Waals surface area contributed by atoms with E-state index in [4.69, 9.17) is 0 Å². The fourth-order valence-electron chi connectivity index (χ4n) is 3.60. The number of hydrogen-bond donors (Lipinski definition) is 0. The first-order valence-electron chi connectivity index (χ1n) is 8.19. The van der Waals surface area contributed by atoms with Gasteiger partial charge in [-0.05, 0) is 50.3 Å². The monoisotopic (exact) mass is 304 g/mol. The van der Waals surface area contributed by atoms with E-state index in [9.17, 15) is 0 Å². The van der Waals surface area contributed by atoms with Gasteiger partial charge in [0, 0.05) is 35.4 Å². The molecule has 3 aromatic rings. The summed E-state index contributed by atoms with van der Waals surface area (Å²) in [4.78, 5) is 6.57. The predicted octanol–water partition coefficient (Wildman–Crippen LogP) is 4.07. The molecule has 0 aliphatic carbocycles. The van der Waals surface area contributed by atoms with Crippen LogP contribution in [0.3, 0.4) is 0 Å². The van der Waals surface area contributed by atoms with Crippen molar-refractivity contribution in [2.45, 2.75) is 38.8 Å². The van der Waals surface area contributed by atoms with Gasteiger partial charge in [0.15, 0.2) is 5.82 Å². The Kier molecular flexibility index (Phi) is 3.45. The molecule has 2 aromatic heterocycles. The number of aromatic nitrogens is 3. The molecule has 116 valence electrons. The highest BCUT2D eigenvalue weighted by molar-refractivity contribution is 5.95. The van der Waals surface area contributed by atoms with E-state index in [0.717, 1.165) is 27.8 Å². The molecule has 0 bridgehead atoms. The molecule has 0 spiro atoms. The highest BCUT2D eigenvalue weighted by atomic mass is 15.3. The van der Waals surface area contributed by atoms with Crippen LogP contribution in [0.2, 0.25) is 0 Å². The van der Waals surface area contributed by atoms with E-state index in [0.29, 0.717) is 12.1 Å². The predicted molar refractivity (Wildman–Crippen MR) is 93.4 cm³/mol. The minimum Gasteiger partial charge on any atom is -0.350 e. The zero-order valence-corrected chi connectivity index (χ0v) is 13.5. The lowest BCUT2D eigenvalue weighted by molar-refractivity contribution is 0.676. The average Bonchev–Trinajstić information content (AvgIpc) is 2.93. The van der Waals surface area contributed by atoms with Gasteiger partial charge in [-0.3, -0.25) is 4.98 Å². The number of pyridine rings is 1. The van der Waals surface area contributed by atoms with Gasteiger partial charge in [-0.2, -0.15) is 0 Å². The number of fused-ring (bicyclic) bond motifs is 1. The molecule has 1 fully saturated rings. The van der Waals surface area contributed by atoms with E-state index in [1.165, 1.54) is 12.8 Å². The van der Waals surface area contributed by atoms with E-state index in [1.807, 2.05) is 24.5 Å². The Hall–Kier alpha value is -2.49. The largest absolute Gasteiger partial charge is 0.350 e. The molecule has 1 aliphatic heterocycles. The van der Waals surface area contributed by atoms with Crippen LogP contribution < -0.4 is 4.90 Å². The second-order valence-electron chi connectivity index (χ2n) is 6.36. The molecule has 0 N–H and O–H groups in total. The molecule has 1 aliphatic rings. The first-order valence-corrected chi connectivity index (χ1v) is 8.19. The molecule has 2 atom stereocenters. The molecule has 3 heterocycles. The molecule has 0 unspecified atom stereocenters. The zero-order chi connectivity index (χ0) is 15.8. The van der Waals surface area contributed by atoms with E-state index in [1.54, 1.807) is 0 Å². The molecule has 4 nitrogen and oxygen atoms in total. The van der Waals surface area contributed by atoms with E-state index in [-0.39, 0.29) is 0 Å². The van der Waals surface area contributed by atoms with Crippen LogP contribution in [0.25, 0.3) is 22.0 Å². The second kappa shape index (κ2) is 5.61. The van der Waals surface area contributed by atoms with Gasteiger partial charge in [0.25, 0.3) is 0 Å². The summed E-state index contributed by atoms with van der Waals surface area (Å²) in [6, 6.07) is 13.5. The van der Waals surface area contributed by atoms with Gasteiger partial charge in [0.05, 0.1) is 5.69 Å². The minimum atomic E-state index is 0.536. The topological polar surface area (TPSA) is 41.9 Å². The van der Waals surface area contributed by atoms with Gasteiger partial charge >= 0.3 is 0 Å². The van der Waals surface area contributed by atoms with Crippen molar-refractivity contribution < 1.29 is 0 Å². The van der Waals surface area contributed by atoms with Crippen LogP contribution in [0.15, 0.2) is 48.8 Å². The summed E-state index contributed by atoms with van der Waals surface area (Å²) in [5.74, 6) is 0.980. The van der Waals surface area contributed by atoms with Crippen LogP contribution >= 0.6 is 0 Å². The van der Waals surface area contributed by atoms with E-state index >= 15 is 0 Å². The first kappa shape index (κ1) is 14.1. The number of benzene rings is 1. The maximum atomic E-state index is 4.51. The quantitative estimate of drug-likeness (QED) is 0.715. The van der Waals surface area contributed by atoms with Crippen molar-refractivity contribution in [2.24, 2.45) is 0 Å². The fourth-order valence-corrected chi connectivity index (χ4v) is 3.60. The number of rotatable bonds is 2. The molecule has 4 heteroatoms. The smallest absolute Gasteiger partial charge is 0.151 e. The van der Waals surface area contributed by atoms with Crippen LogP contribution in [0, 0.1) is 0 Å². The molecule has 0 saturated carbocycles. The molecule has 0 amide bonds. The molecular weight excluding hydrogens is 284 g/mol. The van der Waals surface area contributed by atoms with Crippen molar-refractivity contribution in [3.05, 3.63) is 48.8 Å². The van der Waals surface area contributed by atoms with Gasteiger partial charge in [-0.15, -0.1) is 10.2 Å². The average molecular weight is 304 g/mol. The number of nitrogens with zero attached hydrogens (tertiary/aromatic N) is 4. The van der Waals surface area contributed by atoms with Gasteiger partial charge in [-0.25, -0.2) is 0 Å². The van der Waals surface area contributed by atoms with Gasteiger partial charge in [0.2, 0.25) is 0 Å². The van der Waals surface area contributed by atoms with Crippen LogP contribution in [0.1, 0.15) is 26.7 Å². The van der Waals surface area contributed by atoms with Gasteiger partial charge in [-0.1, -0.05) is 18.2 Å². The summed E-state index contributed by atoms with van der Waals surface area (Å²) >= 11 is 0. The molecule has 4 rings (SSSR count). The van der Waals surface area contributed by atoms with Crippen molar-refractivity contribution in [3.8, 4) is 11.3 Å². The molecular formula is C19H20N4. The number of hydrogen-bond acceptors (Lipinski definition) is 4. The summed E-state index contributed by atoms with van der Waals surface area (Å²) < 4.78 is 0. The Morgan fingerprint density at radius 2 is 1.78 bits per heavy atom. The van der Waals surface area contributed by atoms with Crippen LogP contribution in [0.4, 0.5) is 5.82 Å². The summed E-state index contributed by atoms with van der Waals surface area (Å²) in [6.45, 7) is 4.52. The minimum absolute atomic E-state index is 0.536. The van der Waals surface area contributed by atoms with Crippen LogP contribution in [-0.2, 0) is 0 Å². The van der Waals surface area contributed by atoms with Crippen molar-refractivity contribution in [1.82, 2.24) is 15.2 Å². The highest BCUT2D eigenvalue weighted by Crippen LogP contribution is 2.30. The molecule has 23 heavy (non-hydrogen) atoms. The summed E-state index contributed by atoms with van der Waals surface area (Å²) in [7, 11) is 0. The standard InChI is InChI=1S/C19H20N4/c1-13-6-7-14(2)23(13)19-9-8-18(21-22-19)17-5-3-4-15-12-20-11-10-16(15)17/h3-5,8-14H,6-7H2,1-2H3/t13-,14+. The van der Waals surface area contributed by atoms with Crippen molar-refractivity contribution >= 4 is 16.6 Å². The Labute approximate surface area is 136 Å². The van der Waals surface area contributed by atoms with Gasteiger partial charge in [0.1, 0.15) is 0 Å². The lowest BCUT2D eigenvalue weighted by Gasteiger charge is -2.26. The third-order valence-corrected chi connectivity index (χ3v) is 4.82. The van der Waals surface area contributed by atoms with Crippen molar-refractivity contribution in [3.63, 3.8) is 0 Å². The number of anilines is 1. The maximum Gasteiger partial charge on any atom is 0.151 e. The van der Waals surface area contributed by atoms with Gasteiger partial charge < -0.3 is 4.90 Å². The Bertz CT molecular complexity index is 813.